The smallest absolute Gasteiger partial charge is 0.247 e. The fourth-order valence-electron chi connectivity index (χ4n) is 4.69. The van der Waals surface area contributed by atoms with Gasteiger partial charge in [-0.2, -0.15) is 0 Å². The molecule has 2 aliphatic rings. The molecule has 3 N–H and O–H groups in total. The minimum absolute atomic E-state index is 0.0909. The molecule has 0 saturated carbocycles. The van der Waals surface area contributed by atoms with Crippen LogP contribution >= 0.6 is 11.6 Å². The lowest BCUT2D eigenvalue weighted by Crippen LogP contribution is -2.49. The maximum Gasteiger partial charge on any atom is 0.247 e. The van der Waals surface area contributed by atoms with Crippen molar-refractivity contribution in [3.8, 4) is 0 Å². The van der Waals surface area contributed by atoms with Gasteiger partial charge in [-0.15, -0.1) is 0 Å². The summed E-state index contributed by atoms with van der Waals surface area (Å²) in [5.74, 6) is -2.66. The standard InChI is InChI=1S/C22H28ClN3O4/c1-4-13-9-10-14-18(17(13)20(28)24-3)22(30)26(12(2)11-27)19(14)21(29)25-16-8-6-5-7-15(16)23/h5-10,12-14,17-19,27H,4,11H2,1-3H3,(H,24,28)(H,25,29)/t12-,13-,14+,17-,18+,19+/m1/s1. The predicted molar refractivity (Wildman–Crippen MR) is 115 cm³/mol. The highest BCUT2D eigenvalue weighted by Crippen LogP contribution is 2.45. The third-order valence-corrected chi connectivity index (χ3v) is 6.54. The summed E-state index contributed by atoms with van der Waals surface area (Å²) in [5, 5.41) is 15.6. The topological polar surface area (TPSA) is 98.7 Å². The van der Waals surface area contributed by atoms with Crippen molar-refractivity contribution in [2.24, 2.45) is 23.7 Å². The number of hydrogen-bond donors (Lipinski definition) is 3. The number of allylic oxidation sites excluding steroid dienone is 1. The molecule has 0 bridgehead atoms. The Morgan fingerprint density at radius 3 is 2.53 bits per heavy atom. The number of halogens is 1. The van der Waals surface area contributed by atoms with Crippen LogP contribution in [0.5, 0.6) is 0 Å². The molecule has 1 aliphatic heterocycles. The Labute approximate surface area is 181 Å². The van der Waals surface area contributed by atoms with Crippen molar-refractivity contribution in [1.82, 2.24) is 10.2 Å². The first-order valence-electron chi connectivity index (χ1n) is 10.2. The van der Waals surface area contributed by atoms with E-state index < -0.39 is 29.8 Å². The number of nitrogens with one attached hydrogen (secondary N) is 2. The molecule has 0 spiro atoms. The molecule has 1 saturated heterocycles. The van der Waals surface area contributed by atoms with Crippen LogP contribution in [0.3, 0.4) is 0 Å². The average molecular weight is 434 g/mol. The van der Waals surface area contributed by atoms with Gasteiger partial charge in [0.2, 0.25) is 17.7 Å². The normalized spacial score (nSPS) is 28.8. The molecule has 3 amide bonds. The van der Waals surface area contributed by atoms with Crippen molar-refractivity contribution in [3.05, 3.63) is 41.4 Å². The zero-order valence-corrected chi connectivity index (χ0v) is 18.1. The van der Waals surface area contributed by atoms with Gasteiger partial charge < -0.3 is 20.6 Å². The third kappa shape index (κ3) is 3.84. The average Bonchev–Trinajstić information content (AvgIpc) is 3.06. The van der Waals surface area contributed by atoms with Gasteiger partial charge in [-0.1, -0.05) is 42.8 Å². The Morgan fingerprint density at radius 2 is 1.93 bits per heavy atom. The maximum atomic E-state index is 13.5. The van der Waals surface area contributed by atoms with Crippen LogP contribution in [0.4, 0.5) is 5.69 Å². The van der Waals surface area contributed by atoms with E-state index >= 15 is 0 Å². The van der Waals surface area contributed by atoms with Gasteiger partial charge in [-0.05, 0) is 31.4 Å². The van der Waals surface area contributed by atoms with Gasteiger partial charge in [-0.3, -0.25) is 14.4 Å². The molecular formula is C22H28ClN3O4. The number of aliphatic hydroxyl groups is 1. The lowest BCUT2D eigenvalue weighted by molar-refractivity contribution is -0.142. The van der Waals surface area contributed by atoms with Gasteiger partial charge >= 0.3 is 0 Å². The second-order valence-corrected chi connectivity index (χ2v) is 8.30. The monoisotopic (exact) mass is 433 g/mol. The van der Waals surface area contributed by atoms with E-state index in [9.17, 15) is 19.5 Å². The van der Waals surface area contributed by atoms with Crippen molar-refractivity contribution in [1.29, 1.82) is 0 Å². The summed E-state index contributed by atoms with van der Waals surface area (Å²) in [6.07, 6.45) is 4.53. The number of carbonyl (C=O) groups excluding carboxylic acids is 3. The van der Waals surface area contributed by atoms with Gasteiger partial charge in [0, 0.05) is 13.0 Å². The summed E-state index contributed by atoms with van der Waals surface area (Å²) in [6, 6.07) is 5.46. The van der Waals surface area contributed by atoms with Crippen LogP contribution in [0.2, 0.25) is 5.02 Å². The van der Waals surface area contributed by atoms with E-state index in [1.165, 1.54) is 4.90 Å². The van der Waals surface area contributed by atoms with E-state index in [-0.39, 0.29) is 30.2 Å². The minimum Gasteiger partial charge on any atom is -0.394 e. The van der Waals surface area contributed by atoms with Gasteiger partial charge in [0.15, 0.2) is 0 Å². The first-order valence-corrected chi connectivity index (χ1v) is 10.6. The molecule has 6 atom stereocenters. The predicted octanol–water partition coefficient (Wildman–Crippen LogP) is 2.06. The lowest BCUT2D eigenvalue weighted by Gasteiger charge is -2.34. The van der Waals surface area contributed by atoms with Crippen molar-refractivity contribution >= 4 is 35.0 Å². The Bertz CT molecular complexity index is 859. The molecule has 7 nitrogen and oxygen atoms in total. The number of rotatable bonds is 6. The SMILES string of the molecule is CC[C@@H]1C=C[C@H]2[C@H](C(=O)N([C@H](C)CO)[C@@H]2C(=O)Nc2ccccc2Cl)[C@@H]1C(=O)NC. The summed E-state index contributed by atoms with van der Waals surface area (Å²) in [5.41, 5.74) is 0.450. The van der Waals surface area contributed by atoms with E-state index in [0.29, 0.717) is 17.1 Å². The molecule has 8 heteroatoms. The van der Waals surface area contributed by atoms with E-state index in [4.69, 9.17) is 11.6 Å². The number of benzene rings is 1. The Hall–Kier alpha value is -2.38. The molecule has 1 aromatic rings. The minimum atomic E-state index is -0.845. The molecule has 1 aromatic carbocycles. The number of amides is 3. The molecule has 162 valence electrons. The van der Waals surface area contributed by atoms with Gasteiger partial charge in [-0.25, -0.2) is 0 Å². The summed E-state index contributed by atoms with van der Waals surface area (Å²) >= 11 is 6.19. The number of hydrogen-bond acceptors (Lipinski definition) is 4. The number of para-hydroxylation sites is 1. The number of carbonyl (C=O) groups is 3. The zero-order chi connectivity index (χ0) is 22.0. The lowest BCUT2D eigenvalue weighted by atomic mass is 9.69. The second kappa shape index (κ2) is 9.18. The number of fused-ring (bicyclic) bond motifs is 1. The fraction of sp³-hybridized carbons (Fsp3) is 0.500. The molecule has 3 rings (SSSR count). The summed E-state index contributed by atoms with van der Waals surface area (Å²) in [7, 11) is 1.55. The van der Waals surface area contributed by atoms with Crippen molar-refractivity contribution < 1.29 is 19.5 Å². The number of nitrogens with zero attached hydrogens (tertiary/aromatic N) is 1. The van der Waals surface area contributed by atoms with Crippen LogP contribution in [0.15, 0.2) is 36.4 Å². The van der Waals surface area contributed by atoms with Crippen molar-refractivity contribution in [3.63, 3.8) is 0 Å². The second-order valence-electron chi connectivity index (χ2n) is 7.89. The highest BCUT2D eigenvalue weighted by Gasteiger charge is 2.57. The molecule has 1 heterocycles. The van der Waals surface area contributed by atoms with Crippen LogP contribution in [0.25, 0.3) is 0 Å². The number of aliphatic hydroxyl groups excluding tert-OH is 1. The molecule has 30 heavy (non-hydrogen) atoms. The number of anilines is 1. The first kappa shape index (κ1) is 22.3. The van der Waals surface area contributed by atoms with Crippen LogP contribution in [0, 0.1) is 23.7 Å². The van der Waals surface area contributed by atoms with E-state index in [2.05, 4.69) is 10.6 Å². The zero-order valence-electron chi connectivity index (χ0n) is 17.3. The summed E-state index contributed by atoms with van der Waals surface area (Å²) in [6.45, 7) is 3.38. The highest BCUT2D eigenvalue weighted by atomic mass is 35.5. The van der Waals surface area contributed by atoms with E-state index in [1.807, 2.05) is 19.1 Å². The van der Waals surface area contributed by atoms with Gasteiger partial charge in [0.05, 0.1) is 35.2 Å². The van der Waals surface area contributed by atoms with Gasteiger partial charge in [0.25, 0.3) is 0 Å². The number of likely N-dealkylation sites (tertiary alicyclic amines) is 1. The van der Waals surface area contributed by atoms with Crippen LogP contribution in [0.1, 0.15) is 20.3 Å². The fourth-order valence-corrected chi connectivity index (χ4v) is 4.88. The van der Waals surface area contributed by atoms with E-state index in [1.54, 1.807) is 38.2 Å². The molecule has 1 aliphatic carbocycles. The van der Waals surface area contributed by atoms with Crippen LogP contribution in [-0.4, -0.2) is 53.5 Å². The van der Waals surface area contributed by atoms with Crippen LogP contribution in [-0.2, 0) is 14.4 Å². The molecular weight excluding hydrogens is 406 g/mol. The Morgan fingerprint density at radius 1 is 1.23 bits per heavy atom. The van der Waals surface area contributed by atoms with Crippen LogP contribution < -0.4 is 10.6 Å². The summed E-state index contributed by atoms with van der Waals surface area (Å²) in [4.78, 5) is 40.9. The molecule has 0 radical (unpaired) electrons. The molecule has 0 aromatic heterocycles. The first-order chi connectivity index (χ1) is 14.3. The van der Waals surface area contributed by atoms with E-state index in [0.717, 1.165) is 0 Å². The van der Waals surface area contributed by atoms with Gasteiger partial charge in [0.1, 0.15) is 6.04 Å². The van der Waals surface area contributed by atoms with Crippen molar-refractivity contribution in [2.45, 2.75) is 32.4 Å². The van der Waals surface area contributed by atoms with Crippen molar-refractivity contribution in [2.75, 3.05) is 19.0 Å². The summed E-state index contributed by atoms with van der Waals surface area (Å²) < 4.78 is 0. The molecule has 1 fully saturated rings. The Kier molecular flexibility index (Phi) is 6.83. The quantitative estimate of drug-likeness (QED) is 0.598. The molecule has 0 unspecified atom stereocenters. The maximum absolute atomic E-state index is 13.5. The highest BCUT2D eigenvalue weighted by molar-refractivity contribution is 6.33. The Balaban J connectivity index is 2.02. The largest absolute Gasteiger partial charge is 0.394 e. The third-order valence-electron chi connectivity index (χ3n) is 6.21.